The van der Waals surface area contributed by atoms with Crippen LogP contribution < -0.4 is 4.74 Å². The molecule has 188 valence electrons. The smallest absolute Gasteiger partial charge is 0.222 e. The highest BCUT2D eigenvalue weighted by Crippen LogP contribution is 2.36. The lowest BCUT2D eigenvalue weighted by Crippen LogP contribution is -2.37. The molecule has 1 aliphatic rings. The van der Waals surface area contributed by atoms with E-state index in [-0.39, 0.29) is 5.60 Å². The van der Waals surface area contributed by atoms with Gasteiger partial charge in [-0.2, -0.15) is 5.10 Å². The Morgan fingerprint density at radius 2 is 1.86 bits per heavy atom. The molecule has 0 amide bonds. The van der Waals surface area contributed by atoms with Crippen molar-refractivity contribution in [2.75, 3.05) is 19.7 Å². The van der Waals surface area contributed by atoms with Gasteiger partial charge in [-0.25, -0.2) is 4.68 Å². The Bertz CT molecular complexity index is 1100. The van der Waals surface area contributed by atoms with E-state index in [1.807, 2.05) is 68.9 Å². The molecule has 35 heavy (non-hydrogen) atoms. The van der Waals surface area contributed by atoms with Crippen LogP contribution in [0.25, 0.3) is 11.3 Å². The summed E-state index contributed by atoms with van der Waals surface area (Å²) in [6, 6.07) is 18.3. The van der Waals surface area contributed by atoms with Crippen LogP contribution in [-0.2, 0) is 18.3 Å². The van der Waals surface area contributed by atoms with Crippen LogP contribution in [0.5, 0.6) is 11.6 Å². The molecule has 0 spiro atoms. The molecule has 0 aliphatic heterocycles. The lowest BCUT2D eigenvalue weighted by Gasteiger charge is -2.27. The molecular weight excluding hydrogens is 438 g/mol. The molecule has 1 atom stereocenters. The summed E-state index contributed by atoms with van der Waals surface area (Å²) in [5.41, 5.74) is 3.87. The van der Waals surface area contributed by atoms with Gasteiger partial charge in [0.05, 0.1) is 23.9 Å². The first kappa shape index (κ1) is 25.4. The van der Waals surface area contributed by atoms with E-state index in [0.717, 1.165) is 40.6 Å². The third-order valence-corrected chi connectivity index (χ3v) is 6.11. The van der Waals surface area contributed by atoms with Gasteiger partial charge in [0.2, 0.25) is 5.88 Å². The largest absolute Gasteiger partial charge is 0.439 e. The predicted molar refractivity (Wildman–Crippen MR) is 140 cm³/mol. The average molecular weight is 478 g/mol. The predicted octanol–water partition coefficient (Wildman–Crippen LogP) is 5.58. The fourth-order valence-corrected chi connectivity index (χ4v) is 4.23. The van der Waals surface area contributed by atoms with Gasteiger partial charge in [-0.3, -0.25) is 4.90 Å². The van der Waals surface area contributed by atoms with E-state index in [0.29, 0.717) is 25.6 Å². The molecule has 1 N–H and O–H groups in total. The minimum absolute atomic E-state index is 0.277. The van der Waals surface area contributed by atoms with E-state index in [9.17, 15) is 5.11 Å². The monoisotopic (exact) mass is 477 g/mol. The van der Waals surface area contributed by atoms with Gasteiger partial charge in [-0.1, -0.05) is 42.5 Å². The number of aliphatic hydroxyl groups excluding tert-OH is 1. The van der Waals surface area contributed by atoms with Crippen LogP contribution in [0.3, 0.4) is 0 Å². The van der Waals surface area contributed by atoms with Crippen LogP contribution in [0, 0.1) is 12.8 Å². The van der Waals surface area contributed by atoms with E-state index in [2.05, 4.69) is 30.0 Å². The normalized spacial score (nSPS) is 14.9. The number of aryl methyl sites for hydroxylation is 2. The van der Waals surface area contributed by atoms with Gasteiger partial charge in [0.15, 0.2) is 0 Å². The van der Waals surface area contributed by atoms with Gasteiger partial charge in [-0.05, 0) is 64.2 Å². The van der Waals surface area contributed by atoms with Gasteiger partial charge < -0.3 is 14.6 Å². The fraction of sp³-hybridized carbons (Fsp3) is 0.483. The molecule has 0 saturated heterocycles. The molecule has 3 aromatic rings. The fourth-order valence-electron chi connectivity index (χ4n) is 4.23. The SMILES string of the molecule is Cc1cccc(Oc2c(CN(CC(O)COC(C)(C)C)CC3CC3)c(-c3ccccc3)nn2C)c1. The highest BCUT2D eigenvalue weighted by Gasteiger charge is 2.29. The Balaban J connectivity index is 1.63. The number of rotatable bonds is 11. The molecule has 1 fully saturated rings. The van der Waals surface area contributed by atoms with Crippen LogP contribution in [-0.4, -0.2) is 51.2 Å². The van der Waals surface area contributed by atoms with E-state index in [1.165, 1.54) is 12.8 Å². The zero-order chi connectivity index (χ0) is 25.0. The van der Waals surface area contributed by atoms with Gasteiger partial charge >= 0.3 is 0 Å². The topological polar surface area (TPSA) is 59.8 Å². The third kappa shape index (κ3) is 7.40. The standard InChI is InChI=1S/C29H39N3O3/c1-21-10-9-13-25(16-21)35-28-26(27(30-31(28)5)23-11-7-6-8-12-23)19-32(17-22-14-15-22)18-24(33)20-34-29(2,3)4/h6-13,16,22,24,33H,14-15,17-20H2,1-5H3. The number of ether oxygens (including phenoxy) is 2. The molecule has 1 unspecified atom stereocenters. The Kier molecular flexibility index (Phi) is 7.95. The van der Waals surface area contributed by atoms with Crippen LogP contribution >= 0.6 is 0 Å². The Labute approximate surface area is 209 Å². The lowest BCUT2D eigenvalue weighted by molar-refractivity contribution is -0.0569. The van der Waals surface area contributed by atoms with Crippen LogP contribution in [0.1, 0.15) is 44.7 Å². The zero-order valence-electron chi connectivity index (χ0n) is 21.7. The summed E-state index contributed by atoms with van der Waals surface area (Å²) in [6.07, 6.45) is 1.93. The second kappa shape index (κ2) is 10.9. The first-order valence-corrected chi connectivity index (χ1v) is 12.6. The van der Waals surface area contributed by atoms with Crippen molar-refractivity contribution in [1.29, 1.82) is 0 Å². The van der Waals surface area contributed by atoms with E-state index < -0.39 is 6.10 Å². The van der Waals surface area contributed by atoms with Crippen LogP contribution in [0.4, 0.5) is 0 Å². The van der Waals surface area contributed by atoms with Crippen molar-refractivity contribution in [3.63, 3.8) is 0 Å². The van der Waals surface area contributed by atoms with Gasteiger partial charge in [-0.15, -0.1) is 0 Å². The van der Waals surface area contributed by atoms with Gasteiger partial charge in [0, 0.05) is 32.2 Å². The molecular formula is C29H39N3O3. The van der Waals surface area contributed by atoms with Crippen molar-refractivity contribution in [2.24, 2.45) is 13.0 Å². The maximum Gasteiger partial charge on any atom is 0.222 e. The molecule has 6 heteroatoms. The summed E-state index contributed by atoms with van der Waals surface area (Å²) in [6.45, 7) is 10.5. The molecule has 1 aromatic heterocycles. The van der Waals surface area contributed by atoms with Crippen molar-refractivity contribution in [3.05, 3.63) is 65.7 Å². The third-order valence-electron chi connectivity index (χ3n) is 6.11. The van der Waals surface area contributed by atoms with Crippen molar-refractivity contribution < 1.29 is 14.6 Å². The van der Waals surface area contributed by atoms with E-state index in [4.69, 9.17) is 14.6 Å². The maximum atomic E-state index is 10.8. The number of aromatic nitrogens is 2. The van der Waals surface area contributed by atoms with Crippen molar-refractivity contribution in [3.8, 4) is 22.9 Å². The van der Waals surface area contributed by atoms with E-state index in [1.54, 1.807) is 0 Å². The second-order valence-electron chi connectivity index (χ2n) is 10.8. The van der Waals surface area contributed by atoms with Crippen LogP contribution in [0.15, 0.2) is 54.6 Å². The molecule has 1 heterocycles. The summed E-state index contributed by atoms with van der Waals surface area (Å²) in [5.74, 6) is 2.21. The molecule has 1 saturated carbocycles. The summed E-state index contributed by atoms with van der Waals surface area (Å²) in [7, 11) is 1.93. The highest BCUT2D eigenvalue weighted by atomic mass is 16.5. The first-order chi connectivity index (χ1) is 16.7. The van der Waals surface area contributed by atoms with E-state index >= 15 is 0 Å². The Hall–Kier alpha value is -2.67. The number of hydrogen-bond acceptors (Lipinski definition) is 5. The Morgan fingerprint density at radius 3 is 2.51 bits per heavy atom. The quantitative estimate of drug-likeness (QED) is 0.391. The zero-order valence-corrected chi connectivity index (χ0v) is 21.7. The molecule has 1 aliphatic carbocycles. The van der Waals surface area contributed by atoms with Gasteiger partial charge in [0.1, 0.15) is 11.4 Å². The number of benzene rings is 2. The Morgan fingerprint density at radius 1 is 1.11 bits per heavy atom. The molecule has 0 radical (unpaired) electrons. The highest BCUT2D eigenvalue weighted by molar-refractivity contribution is 5.65. The number of nitrogens with zero attached hydrogens (tertiary/aromatic N) is 3. The summed E-state index contributed by atoms with van der Waals surface area (Å²) < 4.78 is 14.1. The van der Waals surface area contributed by atoms with Gasteiger partial charge in [0.25, 0.3) is 0 Å². The van der Waals surface area contributed by atoms with Crippen molar-refractivity contribution in [2.45, 2.75) is 58.8 Å². The van der Waals surface area contributed by atoms with Crippen molar-refractivity contribution >= 4 is 0 Å². The molecule has 4 rings (SSSR count). The first-order valence-electron chi connectivity index (χ1n) is 12.6. The molecule has 6 nitrogen and oxygen atoms in total. The molecule has 0 bridgehead atoms. The average Bonchev–Trinajstić information content (AvgIpc) is 3.57. The summed E-state index contributed by atoms with van der Waals surface area (Å²) in [4.78, 5) is 2.33. The number of hydrogen-bond donors (Lipinski definition) is 1. The number of aliphatic hydroxyl groups is 1. The lowest BCUT2D eigenvalue weighted by atomic mass is 10.1. The summed E-state index contributed by atoms with van der Waals surface area (Å²) >= 11 is 0. The minimum Gasteiger partial charge on any atom is -0.439 e. The van der Waals surface area contributed by atoms with Crippen LogP contribution in [0.2, 0.25) is 0 Å². The summed E-state index contributed by atoms with van der Waals surface area (Å²) in [5, 5.41) is 15.7. The second-order valence-corrected chi connectivity index (χ2v) is 10.8. The molecule has 2 aromatic carbocycles. The minimum atomic E-state index is -0.564. The maximum absolute atomic E-state index is 10.8. The van der Waals surface area contributed by atoms with Crippen molar-refractivity contribution in [1.82, 2.24) is 14.7 Å².